The van der Waals surface area contributed by atoms with Gasteiger partial charge in [-0.25, -0.2) is 4.39 Å². The average Bonchev–Trinajstić information content (AvgIpc) is 1.83. The maximum atomic E-state index is 12.5. The van der Waals surface area contributed by atoms with Crippen LogP contribution in [0.1, 0.15) is 20.3 Å². The summed E-state index contributed by atoms with van der Waals surface area (Å²) in [5.41, 5.74) is 0. The smallest absolute Gasteiger partial charge is 0.375 e. The molecule has 2 unspecified atom stereocenters. The van der Waals surface area contributed by atoms with Gasteiger partial charge in [-0.2, -0.15) is 13.2 Å². The fourth-order valence-electron chi connectivity index (χ4n) is 0.796. The largest absolute Gasteiger partial charge is 0.391 e. The van der Waals surface area contributed by atoms with E-state index in [1.54, 1.807) is 0 Å². The fraction of sp³-hybridized carbons (Fsp3) is 1.00. The molecule has 0 aliphatic carbocycles. The van der Waals surface area contributed by atoms with Crippen LogP contribution < -0.4 is 0 Å². The van der Waals surface area contributed by atoms with E-state index in [1.807, 2.05) is 0 Å². The number of halogens is 4. The highest BCUT2D eigenvalue weighted by Crippen LogP contribution is 2.25. The molecule has 0 bridgehead atoms. The van der Waals surface area contributed by atoms with Crippen LogP contribution in [-0.4, -0.2) is 25.1 Å². The molecule has 0 aliphatic heterocycles. The van der Waals surface area contributed by atoms with Gasteiger partial charge in [0.15, 0.2) is 0 Å². The summed E-state index contributed by atoms with van der Waals surface area (Å²) in [7, 11) is 0. The van der Waals surface area contributed by atoms with Gasteiger partial charge in [-0.15, -0.1) is 0 Å². The molecule has 0 aromatic rings. The van der Waals surface area contributed by atoms with Crippen LogP contribution in [0.25, 0.3) is 0 Å². The average molecular weight is 188 g/mol. The first-order valence-electron chi connectivity index (χ1n) is 3.69. The molecule has 0 heterocycles. The minimum absolute atomic E-state index is 0.0923. The molecule has 0 saturated heterocycles. The second-order valence-electron chi connectivity index (χ2n) is 2.49. The normalized spacial score (nSPS) is 17.5. The third kappa shape index (κ3) is 5.35. The molecule has 0 radical (unpaired) electrons. The number of hydrogen-bond acceptors (Lipinski definition) is 1. The Hall–Kier alpha value is -0.320. The van der Waals surface area contributed by atoms with Crippen LogP contribution in [0.15, 0.2) is 0 Å². The Morgan fingerprint density at radius 3 is 2.08 bits per heavy atom. The van der Waals surface area contributed by atoms with Crippen LogP contribution in [0.2, 0.25) is 0 Å². The van der Waals surface area contributed by atoms with E-state index in [9.17, 15) is 17.6 Å². The van der Waals surface area contributed by atoms with Crippen molar-refractivity contribution in [2.45, 2.75) is 38.7 Å². The van der Waals surface area contributed by atoms with Crippen molar-refractivity contribution in [3.63, 3.8) is 0 Å². The van der Waals surface area contributed by atoms with Crippen LogP contribution in [0, 0.1) is 0 Å². The molecular weight excluding hydrogens is 176 g/mol. The Kier molecular flexibility index (Phi) is 4.52. The van der Waals surface area contributed by atoms with Gasteiger partial charge < -0.3 is 4.74 Å². The Morgan fingerprint density at radius 2 is 1.83 bits per heavy atom. The summed E-state index contributed by atoms with van der Waals surface area (Å²) < 4.78 is 52.3. The van der Waals surface area contributed by atoms with E-state index in [4.69, 9.17) is 0 Å². The standard InChI is InChI=1S/C7H12F4O/c1-3-12-6(5(2)8)4-7(9,10)11/h5-6H,3-4H2,1-2H3. The molecule has 5 heteroatoms. The molecule has 0 N–H and O–H groups in total. The van der Waals surface area contributed by atoms with E-state index in [2.05, 4.69) is 4.74 Å². The van der Waals surface area contributed by atoms with E-state index in [0.29, 0.717) is 0 Å². The highest BCUT2D eigenvalue weighted by Gasteiger charge is 2.34. The summed E-state index contributed by atoms with van der Waals surface area (Å²) in [6.07, 6.45) is -8.54. The second kappa shape index (κ2) is 4.64. The van der Waals surface area contributed by atoms with Gasteiger partial charge in [0.1, 0.15) is 6.17 Å². The summed E-state index contributed by atoms with van der Waals surface area (Å²) in [6, 6.07) is 0. The summed E-state index contributed by atoms with van der Waals surface area (Å²) in [6.45, 7) is 2.69. The van der Waals surface area contributed by atoms with Crippen LogP contribution in [0.4, 0.5) is 17.6 Å². The van der Waals surface area contributed by atoms with Gasteiger partial charge in [0.25, 0.3) is 0 Å². The molecular formula is C7H12F4O. The Balaban J connectivity index is 3.95. The molecule has 0 aromatic carbocycles. The molecule has 2 atom stereocenters. The van der Waals surface area contributed by atoms with E-state index >= 15 is 0 Å². The number of ether oxygens (including phenoxy) is 1. The topological polar surface area (TPSA) is 9.23 Å². The third-order valence-corrected chi connectivity index (χ3v) is 1.33. The predicted molar refractivity (Wildman–Crippen MR) is 36.7 cm³/mol. The SMILES string of the molecule is CCOC(CC(F)(F)F)C(C)F. The zero-order valence-corrected chi connectivity index (χ0v) is 6.99. The Labute approximate surface area is 68.7 Å². The molecule has 1 nitrogen and oxygen atoms in total. The fourth-order valence-corrected chi connectivity index (χ4v) is 0.796. The van der Waals surface area contributed by atoms with E-state index < -0.39 is 24.9 Å². The highest BCUT2D eigenvalue weighted by atomic mass is 19.4. The van der Waals surface area contributed by atoms with Gasteiger partial charge in [-0.1, -0.05) is 0 Å². The molecule has 0 spiro atoms. The predicted octanol–water partition coefficient (Wildman–Crippen LogP) is 2.70. The first-order valence-corrected chi connectivity index (χ1v) is 3.69. The summed E-state index contributed by atoms with van der Waals surface area (Å²) >= 11 is 0. The monoisotopic (exact) mass is 188 g/mol. The lowest BCUT2D eigenvalue weighted by Crippen LogP contribution is -2.29. The van der Waals surface area contributed by atoms with Crippen molar-refractivity contribution >= 4 is 0 Å². The van der Waals surface area contributed by atoms with Crippen molar-refractivity contribution in [1.82, 2.24) is 0 Å². The van der Waals surface area contributed by atoms with Gasteiger partial charge in [-0.05, 0) is 13.8 Å². The first kappa shape index (κ1) is 11.7. The van der Waals surface area contributed by atoms with Gasteiger partial charge >= 0.3 is 6.18 Å². The van der Waals surface area contributed by atoms with Gasteiger partial charge in [0, 0.05) is 6.61 Å². The lowest BCUT2D eigenvalue weighted by molar-refractivity contribution is -0.167. The summed E-state index contributed by atoms with van der Waals surface area (Å²) in [5, 5.41) is 0. The molecule has 0 rings (SSSR count). The second-order valence-corrected chi connectivity index (χ2v) is 2.49. The van der Waals surface area contributed by atoms with Crippen molar-refractivity contribution in [2.75, 3.05) is 6.61 Å². The van der Waals surface area contributed by atoms with Crippen LogP contribution >= 0.6 is 0 Å². The van der Waals surface area contributed by atoms with E-state index in [1.165, 1.54) is 6.92 Å². The molecule has 0 fully saturated rings. The van der Waals surface area contributed by atoms with Crippen molar-refractivity contribution < 1.29 is 22.3 Å². The number of rotatable bonds is 4. The Morgan fingerprint density at radius 1 is 1.33 bits per heavy atom. The van der Waals surface area contributed by atoms with Crippen LogP contribution in [0.3, 0.4) is 0 Å². The lowest BCUT2D eigenvalue weighted by atomic mass is 10.2. The summed E-state index contributed by atoms with van der Waals surface area (Å²) in [4.78, 5) is 0. The number of hydrogen-bond donors (Lipinski definition) is 0. The summed E-state index contributed by atoms with van der Waals surface area (Å²) in [5.74, 6) is 0. The first-order chi connectivity index (χ1) is 5.37. The molecule has 74 valence electrons. The molecule has 0 aliphatic rings. The van der Waals surface area contributed by atoms with Crippen molar-refractivity contribution in [3.05, 3.63) is 0 Å². The van der Waals surface area contributed by atoms with Crippen molar-refractivity contribution in [3.8, 4) is 0 Å². The van der Waals surface area contributed by atoms with E-state index in [-0.39, 0.29) is 6.61 Å². The van der Waals surface area contributed by atoms with Gasteiger partial charge in [0.05, 0.1) is 12.5 Å². The van der Waals surface area contributed by atoms with Gasteiger partial charge in [-0.3, -0.25) is 0 Å². The van der Waals surface area contributed by atoms with Crippen molar-refractivity contribution in [1.29, 1.82) is 0 Å². The number of alkyl halides is 4. The zero-order chi connectivity index (χ0) is 9.78. The zero-order valence-electron chi connectivity index (χ0n) is 6.99. The minimum atomic E-state index is -4.36. The van der Waals surface area contributed by atoms with Crippen molar-refractivity contribution in [2.24, 2.45) is 0 Å². The molecule has 0 aromatic heterocycles. The molecule has 0 amide bonds. The quantitative estimate of drug-likeness (QED) is 0.616. The van der Waals surface area contributed by atoms with Gasteiger partial charge in [0.2, 0.25) is 0 Å². The maximum Gasteiger partial charge on any atom is 0.391 e. The molecule has 0 saturated carbocycles. The highest BCUT2D eigenvalue weighted by molar-refractivity contribution is 4.69. The van der Waals surface area contributed by atoms with Crippen LogP contribution in [0.5, 0.6) is 0 Å². The van der Waals surface area contributed by atoms with E-state index in [0.717, 1.165) is 6.92 Å². The third-order valence-electron chi connectivity index (χ3n) is 1.33. The maximum absolute atomic E-state index is 12.5. The lowest BCUT2D eigenvalue weighted by Gasteiger charge is -2.19. The Bertz CT molecular complexity index is 121. The van der Waals surface area contributed by atoms with Crippen LogP contribution in [-0.2, 0) is 4.74 Å². The minimum Gasteiger partial charge on any atom is -0.375 e. The molecule has 12 heavy (non-hydrogen) atoms.